The summed E-state index contributed by atoms with van der Waals surface area (Å²) in [4.78, 5) is 0. The van der Waals surface area contributed by atoms with Gasteiger partial charge in [-0.15, -0.1) is 24.8 Å². The Hall–Kier alpha value is -0.877. The van der Waals surface area contributed by atoms with Gasteiger partial charge in [0.15, 0.2) is 0 Å². The topological polar surface area (TPSA) is 0 Å². The van der Waals surface area contributed by atoms with Gasteiger partial charge in [0, 0.05) is 31.6 Å². The van der Waals surface area contributed by atoms with Crippen LogP contribution in [0.15, 0.2) is 78.4 Å². The zero-order valence-electron chi connectivity index (χ0n) is 15.9. The summed E-state index contributed by atoms with van der Waals surface area (Å²) in [6.07, 6.45) is 14.7. The normalized spacial score (nSPS) is 15.7. The summed E-state index contributed by atoms with van der Waals surface area (Å²) in [5.41, 5.74) is 8.75. The van der Waals surface area contributed by atoms with Crippen molar-refractivity contribution >= 4 is 24.8 Å². The summed E-state index contributed by atoms with van der Waals surface area (Å²) in [5.74, 6) is 0. The van der Waals surface area contributed by atoms with E-state index in [1.807, 2.05) is 0 Å². The second kappa shape index (κ2) is 10.1. The molecule has 1 atom stereocenters. The molecule has 0 N–H and O–H groups in total. The van der Waals surface area contributed by atoms with Crippen LogP contribution in [0, 0.1) is 0 Å². The second-order valence-electron chi connectivity index (χ2n) is 7.00. The Balaban J connectivity index is 0.00000121. The molecule has 0 nitrogen and oxygen atoms in total. The number of fused-ring (bicyclic) bond motifs is 3. The van der Waals surface area contributed by atoms with Crippen molar-refractivity contribution in [1.29, 1.82) is 0 Å². The molecule has 0 saturated carbocycles. The number of benzene rings is 2. The van der Waals surface area contributed by atoms with E-state index in [2.05, 4.69) is 86.7 Å². The fraction of sp³-hybridized carbons (Fsp3) is 0.250. The maximum atomic E-state index is 2.42. The SMILES string of the molecule is CC/C=C/C(C)(C1=CC=CC1)c1cccc2c1Cc1ccccc1-2.Cl.Cl.[Zr]. The number of halogens is 2. The third-order valence-electron chi connectivity index (χ3n) is 5.54. The first-order valence-electron chi connectivity index (χ1n) is 8.98. The van der Waals surface area contributed by atoms with Crippen molar-refractivity contribution in [2.24, 2.45) is 0 Å². The van der Waals surface area contributed by atoms with E-state index in [4.69, 9.17) is 0 Å². The van der Waals surface area contributed by atoms with Gasteiger partial charge in [0.05, 0.1) is 0 Å². The molecule has 0 aliphatic heterocycles. The van der Waals surface area contributed by atoms with Gasteiger partial charge in [0.2, 0.25) is 0 Å². The molecule has 0 spiro atoms. The van der Waals surface area contributed by atoms with Crippen LogP contribution >= 0.6 is 24.8 Å². The Labute approximate surface area is 194 Å². The Kier molecular flexibility index (Phi) is 9.00. The van der Waals surface area contributed by atoms with Gasteiger partial charge in [-0.2, -0.15) is 0 Å². The maximum absolute atomic E-state index is 2.42. The molecule has 0 bridgehead atoms. The van der Waals surface area contributed by atoms with Gasteiger partial charge in [-0.3, -0.25) is 0 Å². The standard InChI is InChI=1S/C24H24.2ClH.Zr/c1-3-4-16-24(2,19-11-6-7-12-19)23-15-9-14-21-20-13-8-5-10-18(20)17-22(21)23;;;/h4-11,13-16H,3,12,17H2,1-2H3;2*1H;/b16-4+;;;. The predicted octanol–water partition coefficient (Wildman–Crippen LogP) is 7.21. The number of hydrogen-bond donors (Lipinski definition) is 0. The van der Waals surface area contributed by atoms with Gasteiger partial charge in [0.25, 0.3) is 0 Å². The molecule has 0 saturated heterocycles. The minimum Gasteiger partial charge on any atom is -0.147 e. The Morgan fingerprint density at radius 3 is 2.44 bits per heavy atom. The molecule has 0 aromatic heterocycles. The minimum absolute atomic E-state index is 0. The molecule has 1 unspecified atom stereocenters. The molecule has 27 heavy (non-hydrogen) atoms. The van der Waals surface area contributed by atoms with E-state index in [1.54, 1.807) is 0 Å². The molecule has 2 aromatic rings. The third kappa shape index (κ3) is 4.26. The quantitative estimate of drug-likeness (QED) is 0.349. The van der Waals surface area contributed by atoms with Gasteiger partial charge < -0.3 is 0 Å². The fourth-order valence-electron chi connectivity index (χ4n) is 4.20. The molecule has 0 radical (unpaired) electrons. The van der Waals surface area contributed by atoms with Gasteiger partial charge in [-0.25, -0.2) is 0 Å². The summed E-state index contributed by atoms with van der Waals surface area (Å²) in [6, 6.07) is 15.7. The van der Waals surface area contributed by atoms with E-state index in [-0.39, 0.29) is 56.4 Å². The van der Waals surface area contributed by atoms with E-state index in [0.717, 1.165) is 19.3 Å². The van der Waals surface area contributed by atoms with Crippen LogP contribution in [-0.4, -0.2) is 0 Å². The Morgan fingerprint density at radius 2 is 1.74 bits per heavy atom. The van der Waals surface area contributed by atoms with E-state index in [0.29, 0.717) is 0 Å². The summed E-state index contributed by atoms with van der Waals surface area (Å²) in [5, 5.41) is 0. The molecule has 140 valence electrons. The minimum atomic E-state index is -0.0209. The van der Waals surface area contributed by atoms with Crippen molar-refractivity contribution in [3.8, 4) is 11.1 Å². The molecule has 0 amide bonds. The Bertz CT molecular complexity index is 880. The van der Waals surface area contributed by atoms with Crippen LogP contribution in [0.3, 0.4) is 0 Å². The van der Waals surface area contributed by atoms with Crippen LogP contribution in [0.1, 0.15) is 43.4 Å². The molecular weight excluding hydrogens is 450 g/mol. The molecule has 2 aromatic carbocycles. The first-order valence-corrected chi connectivity index (χ1v) is 8.98. The van der Waals surface area contributed by atoms with Crippen molar-refractivity contribution in [3.05, 3.63) is 95.1 Å². The van der Waals surface area contributed by atoms with E-state index < -0.39 is 0 Å². The van der Waals surface area contributed by atoms with Gasteiger partial charge in [-0.1, -0.05) is 85.3 Å². The Morgan fingerprint density at radius 1 is 1.00 bits per heavy atom. The summed E-state index contributed by atoms with van der Waals surface area (Å²) < 4.78 is 0. The predicted molar refractivity (Wildman–Crippen MR) is 118 cm³/mol. The average molecular weight is 477 g/mol. The fourth-order valence-corrected chi connectivity index (χ4v) is 4.20. The monoisotopic (exact) mass is 474 g/mol. The van der Waals surface area contributed by atoms with Crippen molar-refractivity contribution < 1.29 is 26.2 Å². The van der Waals surface area contributed by atoms with Crippen molar-refractivity contribution in [1.82, 2.24) is 0 Å². The van der Waals surface area contributed by atoms with Crippen LogP contribution in [0.2, 0.25) is 0 Å². The summed E-state index contributed by atoms with van der Waals surface area (Å²) in [6.45, 7) is 4.60. The number of rotatable bonds is 4. The molecular formula is C24H26Cl2Zr. The zero-order chi connectivity index (χ0) is 16.6. The molecule has 3 heteroatoms. The summed E-state index contributed by atoms with van der Waals surface area (Å²) >= 11 is 0. The van der Waals surface area contributed by atoms with Crippen LogP contribution < -0.4 is 0 Å². The number of hydrogen-bond acceptors (Lipinski definition) is 0. The van der Waals surface area contributed by atoms with Crippen LogP contribution in [0.5, 0.6) is 0 Å². The third-order valence-corrected chi connectivity index (χ3v) is 5.54. The average Bonchev–Trinajstić information content (AvgIpc) is 3.27. The molecule has 0 heterocycles. The van der Waals surface area contributed by atoms with Crippen molar-refractivity contribution in [3.63, 3.8) is 0 Å². The van der Waals surface area contributed by atoms with E-state index >= 15 is 0 Å². The number of allylic oxidation sites excluding steroid dienone is 6. The second-order valence-corrected chi connectivity index (χ2v) is 7.00. The molecule has 2 aliphatic carbocycles. The summed E-state index contributed by atoms with van der Waals surface area (Å²) in [7, 11) is 0. The first kappa shape index (κ1) is 24.2. The van der Waals surface area contributed by atoms with Crippen molar-refractivity contribution in [2.75, 3.05) is 0 Å². The molecule has 2 aliphatic rings. The van der Waals surface area contributed by atoms with Crippen LogP contribution in [-0.2, 0) is 38.0 Å². The molecule has 4 rings (SSSR count). The largest absolute Gasteiger partial charge is 0.147 e. The van der Waals surface area contributed by atoms with Gasteiger partial charge in [-0.05, 0) is 54.0 Å². The van der Waals surface area contributed by atoms with E-state index in [1.165, 1.54) is 33.4 Å². The van der Waals surface area contributed by atoms with Crippen molar-refractivity contribution in [2.45, 2.75) is 38.5 Å². The maximum Gasteiger partial charge on any atom is 0.0322 e. The first-order chi connectivity index (χ1) is 11.7. The molecule has 0 fully saturated rings. The van der Waals surface area contributed by atoms with E-state index in [9.17, 15) is 0 Å². The smallest absolute Gasteiger partial charge is 0.0322 e. The van der Waals surface area contributed by atoms with Crippen LogP contribution in [0.4, 0.5) is 0 Å². The van der Waals surface area contributed by atoms with Gasteiger partial charge in [0.1, 0.15) is 0 Å². The van der Waals surface area contributed by atoms with Gasteiger partial charge >= 0.3 is 0 Å². The zero-order valence-corrected chi connectivity index (χ0v) is 20.0. The van der Waals surface area contributed by atoms with Crippen LogP contribution in [0.25, 0.3) is 11.1 Å².